The molecule has 0 aromatic heterocycles. The van der Waals surface area contributed by atoms with Crippen LogP contribution in [0, 0.1) is 0 Å². The first-order valence-corrected chi connectivity index (χ1v) is 7.85. The van der Waals surface area contributed by atoms with Crippen molar-refractivity contribution in [3.8, 4) is 5.75 Å². The van der Waals surface area contributed by atoms with Crippen LogP contribution in [0.4, 0.5) is 5.69 Å². The van der Waals surface area contributed by atoms with Crippen LogP contribution in [0.25, 0.3) is 0 Å². The van der Waals surface area contributed by atoms with Crippen LogP contribution in [-0.2, 0) is 13.0 Å². The van der Waals surface area contributed by atoms with E-state index in [1.165, 1.54) is 0 Å². The summed E-state index contributed by atoms with van der Waals surface area (Å²) in [5, 5.41) is 0. The third kappa shape index (κ3) is 3.63. The molecule has 2 N–H and O–H groups in total. The van der Waals surface area contributed by atoms with Crippen LogP contribution in [0.15, 0.2) is 72.8 Å². The minimum atomic E-state index is 0.396. The van der Waals surface area contributed by atoms with Crippen molar-refractivity contribution in [3.63, 3.8) is 0 Å². The number of hydrogen-bond donors (Lipinski definition) is 1. The van der Waals surface area contributed by atoms with Crippen molar-refractivity contribution in [2.24, 2.45) is 0 Å². The van der Waals surface area contributed by atoms with Gasteiger partial charge in [-0.05, 0) is 23.3 Å². The molecule has 0 saturated carbocycles. The van der Waals surface area contributed by atoms with Gasteiger partial charge in [-0.2, -0.15) is 0 Å². The van der Waals surface area contributed by atoms with Crippen molar-refractivity contribution in [1.29, 1.82) is 0 Å². The van der Waals surface area contributed by atoms with E-state index >= 15 is 0 Å². The van der Waals surface area contributed by atoms with E-state index in [1.807, 2.05) is 60.7 Å². The fourth-order valence-electron chi connectivity index (χ4n) is 2.64. The molecule has 3 rings (SSSR count). The zero-order valence-corrected chi connectivity index (χ0v) is 13.3. The number of aldehydes is 1. The lowest BCUT2D eigenvalue weighted by molar-refractivity contribution is 0.111. The smallest absolute Gasteiger partial charge is 0.153 e. The second-order valence-corrected chi connectivity index (χ2v) is 5.61. The summed E-state index contributed by atoms with van der Waals surface area (Å²) in [7, 11) is 0. The second-order valence-electron chi connectivity index (χ2n) is 5.61. The molecular formula is C21H19NO2. The van der Waals surface area contributed by atoms with Crippen LogP contribution in [0.3, 0.4) is 0 Å². The van der Waals surface area contributed by atoms with Gasteiger partial charge < -0.3 is 10.5 Å². The van der Waals surface area contributed by atoms with Crippen LogP contribution in [-0.4, -0.2) is 6.29 Å². The molecule has 120 valence electrons. The first-order valence-electron chi connectivity index (χ1n) is 7.85. The molecule has 0 aliphatic rings. The summed E-state index contributed by atoms with van der Waals surface area (Å²) in [6, 6.07) is 23.3. The van der Waals surface area contributed by atoms with E-state index in [4.69, 9.17) is 10.5 Å². The van der Waals surface area contributed by atoms with Crippen molar-refractivity contribution < 1.29 is 9.53 Å². The highest BCUT2D eigenvalue weighted by Gasteiger charge is 2.14. The Hall–Kier alpha value is -3.07. The van der Waals surface area contributed by atoms with Crippen molar-refractivity contribution in [2.75, 3.05) is 5.73 Å². The first kappa shape index (κ1) is 15.8. The molecule has 3 aromatic carbocycles. The third-order valence-electron chi connectivity index (χ3n) is 3.90. The van der Waals surface area contributed by atoms with E-state index in [0.717, 1.165) is 23.0 Å². The van der Waals surface area contributed by atoms with Gasteiger partial charge in [-0.3, -0.25) is 4.79 Å². The summed E-state index contributed by atoms with van der Waals surface area (Å²) < 4.78 is 5.99. The first-order chi connectivity index (χ1) is 11.8. The Morgan fingerprint density at radius 3 is 2.08 bits per heavy atom. The van der Waals surface area contributed by atoms with Crippen LogP contribution < -0.4 is 10.5 Å². The van der Waals surface area contributed by atoms with Gasteiger partial charge in [-0.1, -0.05) is 60.7 Å². The van der Waals surface area contributed by atoms with E-state index in [0.29, 0.717) is 30.0 Å². The Bertz CT molecular complexity index is 814. The molecule has 0 bridgehead atoms. The number of anilines is 1. The summed E-state index contributed by atoms with van der Waals surface area (Å²) in [4.78, 5) is 11.4. The summed E-state index contributed by atoms with van der Waals surface area (Å²) >= 11 is 0. The lowest BCUT2D eigenvalue weighted by Crippen LogP contribution is -2.05. The third-order valence-corrected chi connectivity index (χ3v) is 3.90. The molecule has 0 unspecified atom stereocenters. The van der Waals surface area contributed by atoms with Gasteiger partial charge in [-0.25, -0.2) is 0 Å². The molecule has 0 spiro atoms. The van der Waals surface area contributed by atoms with Gasteiger partial charge in [0.05, 0.1) is 5.56 Å². The predicted octanol–water partition coefficient (Wildman–Crippen LogP) is 4.25. The Morgan fingerprint density at radius 2 is 1.46 bits per heavy atom. The lowest BCUT2D eigenvalue weighted by Gasteiger charge is -2.16. The van der Waals surface area contributed by atoms with E-state index in [9.17, 15) is 4.79 Å². The Labute approximate surface area is 141 Å². The molecule has 0 aliphatic heterocycles. The van der Waals surface area contributed by atoms with Crippen molar-refractivity contribution in [3.05, 3.63) is 95.1 Å². The molecule has 3 heteroatoms. The Balaban J connectivity index is 1.93. The molecule has 3 aromatic rings. The van der Waals surface area contributed by atoms with Crippen LogP contribution >= 0.6 is 0 Å². The molecule has 0 aliphatic carbocycles. The molecule has 3 nitrogen and oxygen atoms in total. The normalized spacial score (nSPS) is 10.3. The van der Waals surface area contributed by atoms with E-state index < -0.39 is 0 Å². The number of ether oxygens (including phenoxy) is 1. The van der Waals surface area contributed by atoms with Gasteiger partial charge in [0.15, 0.2) is 6.29 Å². The zero-order chi connectivity index (χ0) is 16.8. The van der Waals surface area contributed by atoms with Crippen LogP contribution in [0.5, 0.6) is 5.75 Å². The highest BCUT2D eigenvalue weighted by atomic mass is 16.5. The van der Waals surface area contributed by atoms with Crippen molar-refractivity contribution >= 4 is 12.0 Å². The number of carbonyl (C=O) groups excluding carboxylic acids is 1. The molecule has 0 amide bonds. The fourth-order valence-corrected chi connectivity index (χ4v) is 2.64. The molecule has 24 heavy (non-hydrogen) atoms. The maximum absolute atomic E-state index is 11.4. The van der Waals surface area contributed by atoms with E-state index in [-0.39, 0.29) is 0 Å². The Kier molecular flexibility index (Phi) is 4.92. The van der Waals surface area contributed by atoms with Gasteiger partial charge in [0.25, 0.3) is 0 Å². The summed E-state index contributed by atoms with van der Waals surface area (Å²) in [6.45, 7) is 0.396. The molecule has 0 saturated heterocycles. The fraction of sp³-hybridized carbons (Fsp3) is 0.0952. The molecule has 0 radical (unpaired) electrons. The number of carbonyl (C=O) groups is 1. The SMILES string of the molecule is Nc1ccc(C=O)c(OCc2ccccc2)c1Cc1ccccc1. The maximum atomic E-state index is 11.4. The quantitative estimate of drug-likeness (QED) is 0.546. The average Bonchev–Trinajstić information content (AvgIpc) is 2.64. The van der Waals surface area contributed by atoms with Gasteiger partial charge in [0.2, 0.25) is 0 Å². The van der Waals surface area contributed by atoms with Gasteiger partial charge in [0.1, 0.15) is 12.4 Å². The molecular weight excluding hydrogens is 298 g/mol. The number of nitrogen functional groups attached to an aromatic ring is 1. The van der Waals surface area contributed by atoms with Crippen molar-refractivity contribution in [2.45, 2.75) is 13.0 Å². The highest BCUT2D eigenvalue weighted by molar-refractivity contribution is 5.82. The minimum absolute atomic E-state index is 0.396. The average molecular weight is 317 g/mol. The number of benzene rings is 3. The zero-order valence-electron chi connectivity index (χ0n) is 13.3. The predicted molar refractivity (Wildman–Crippen MR) is 96.3 cm³/mol. The molecule has 0 atom stereocenters. The second kappa shape index (κ2) is 7.47. The maximum Gasteiger partial charge on any atom is 0.153 e. The van der Waals surface area contributed by atoms with E-state index in [1.54, 1.807) is 12.1 Å². The number of hydrogen-bond acceptors (Lipinski definition) is 3. The van der Waals surface area contributed by atoms with Gasteiger partial charge in [0, 0.05) is 17.7 Å². The monoisotopic (exact) mass is 317 g/mol. The molecule has 0 fully saturated rings. The van der Waals surface area contributed by atoms with Gasteiger partial charge in [-0.15, -0.1) is 0 Å². The minimum Gasteiger partial charge on any atom is -0.488 e. The summed E-state index contributed by atoms with van der Waals surface area (Å²) in [5.41, 5.74) is 10.3. The van der Waals surface area contributed by atoms with Gasteiger partial charge >= 0.3 is 0 Å². The van der Waals surface area contributed by atoms with Crippen LogP contribution in [0.1, 0.15) is 27.0 Å². The topological polar surface area (TPSA) is 52.3 Å². The Morgan fingerprint density at radius 1 is 0.833 bits per heavy atom. The standard InChI is InChI=1S/C21H19NO2/c22-20-12-11-18(14-23)21(24-15-17-9-5-2-6-10-17)19(20)13-16-7-3-1-4-8-16/h1-12,14H,13,15,22H2. The van der Waals surface area contributed by atoms with Crippen molar-refractivity contribution in [1.82, 2.24) is 0 Å². The molecule has 0 heterocycles. The summed E-state index contributed by atoms with van der Waals surface area (Å²) in [5.74, 6) is 0.567. The number of nitrogens with two attached hydrogens (primary N) is 1. The highest BCUT2D eigenvalue weighted by Crippen LogP contribution is 2.31. The van der Waals surface area contributed by atoms with E-state index in [2.05, 4.69) is 0 Å². The summed E-state index contributed by atoms with van der Waals surface area (Å²) in [6.07, 6.45) is 1.44. The largest absolute Gasteiger partial charge is 0.488 e. The van der Waals surface area contributed by atoms with Crippen LogP contribution in [0.2, 0.25) is 0 Å². The number of rotatable bonds is 6. The lowest BCUT2D eigenvalue weighted by atomic mass is 9.99.